The van der Waals surface area contributed by atoms with Gasteiger partial charge in [0, 0.05) is 37.5 Å². The van der Waals surface area contributed by atoms with Crippen LogP contribution < -0.4 is 19.9 Å². The topological polar surface area (TPSA) is 148 Å². The number of alkyl halides is 3. The number of thiazole rings is 1. The van der Waals surface area contributed by atoms with Gasteiger partial charge in [-0.2, -0.15) is 18.4 Å². The van der Waals surface area contributed by atoms with Crippen LogP contribution in [0.4, 0.5) is 24.5 Å². The molecule has 2 fully saturated rings. The van der Waals surface area contributed by atoms with E-state index in [4.69, 9.17) is 21.7 Å². The fourth-order valence-corrected chi connectivity index (χ4v) is 11.0. The number of carbonyl (C=O) groups is 4. The van der Waals surface area contributed by atoms with Gasteiger partial charge >= 0.3 is 6.18 Å². The van der Waals surface area contributed by atoms with Crippen molar-refractivity contribution in [3.05, 3.63) is 130 Å². The average molecular weight is 1020 g/mol. The first-order valence-corrected chi connectivity index (χ1v) is 25.3. The second-order valence-corrected chi connectivity index (χ2v) is 20.3. The molecule has 0 radical (unpaired) electrons. The van der Waals surface area contributed by atoms with Crippen LogP contribution >= 0.6 is 23.6 Å². The van der Waals surface area contributed by atoms with E-state index in [9.17, 15) is 37.6 Å². The number of rotatable bonds is 18. The number of halogens is 3. The summed E-state index contributed by atoms with van der Waals surface area (Å²) in [6.07, 6.45) is -1.10. The summed E-state index contributed by atoms with van der Waals surface area (Å²) in [5, 5.41) is 12.3. The molecular weight excluding hydrogens is 964 g/mol. The van der Waals surface area contributed by atoms with E-state index >= 15 is 0 Å². The molecule has 1 N–H and O–H groups in total. The largest absolute Gasteiger partial charge is 0.491 e. The van der Waals surface area contributed by atoms with Crippen LogP contribution in [-0.4, -0.2) is 87.5 Å². The Morgan fingerprint density at radius 3 is 2.36 bits per heavy atom. The van der Waals surface area contributed by atoms with Gasteiger partial charge in [-0.25, -0.2) is 4.98 Å². The van der Waals surface area contributed by atoms with Crippen LogP contribution in [0.3, 0.4) is 0 Å². The summed E-state index contributed by atoms with van der Waals surface area (Å²) in [5.41, 5.74) is 4.95. The molecule has 0 aliphatic carbocycles. The lowest BCUT2D eigenvalue weighted by Crippen LogP contribution is -2.55. The number of nitriles is 1. The number of aromatic nitrogens is 1. The van der Waals surface area contributed by atoms with Crippen molar-refractivity contribution in [3.63, 3.8) is 0 Å². The van der Waals surface area contributed by atoms with E-state index in [1.807, 2.05) is 62.7 Å². The molecule has 72 heavy (non-hydrogen) atoms. The minimum atomic E-state index is -4.80. The van der Waals surface area contributed by atoms with Crippen molar-refractivity contribution in [3.8, 4) is 22.3 Å². The smallest absolute Gasteiger partial charge is 0.417 e. The van der Waals surface area contributed by atoms with Crippen LogP contribution in [0.15, 0.2) is 90.4 Å². The van der Waals surface area contributed by atoms with Crippen molar-refractivity contribution < 1.29 is 41.8 Å². The number of likely N-dealkylation sites (tertiary alicyclic amines) is 1. The van der Waals surface area contributed by atoms with Crippen molar-refractivity contribution >= 4 is 63.7 Å². The highest BCUT2D eigenvalue weighted by Crippen LogP contribution is 2.40. The molecule has 1 unspecified atom stereocenters. The number of fused-ring (bicyclic) bond motifs is 1. The van der Waals surface area contributed by atoms with E-state index in [1.165, 1.54) is 6.07 Å². The molecule has 2 saturated heterocycles. The van der Waals surface area contributed by atoms with Gasteiger partial charge in [0.15, 0.2) is 5.11 Å². The lowest BCUT2D eigenvalue weighted by atomic mass is 10.0. The molecule has 4 aromatic carbocycles. The highest BCUT2D eigenvalue weighted by Gasteiger charge is 2.51. The number of carbonyl (C=O) groups excluding carboxylic acids is 4. The van der Waals surface area contributed by atoms with Crippen LogP contribution in [0.25, 0.3) is 10.4 Å². The molecule has 3 aliphatic heterocycles. The Kier molecular flexibility index (Phi) is 15.5. The molecule has 0 saturated carbocycles. The van der Waals surface area contributed by atoms with Gasteiger partial charge in [0.25, 0.3) is 11.8 Å². The second-order valence-electron chi connectivity index (χ2n) is 19.1. The second kappa shape index (κ2) is 21.6. The zero-order chi connectivity index (χ0) is 51.5. The third kappa shape index (κ3) is 10.7. The van der Waals surface area contributed by atoms with Crippen LogP contribution in [0.1, 0.15) is 97.2 Å². The maximum Gasteiger partial charge on any atom is 0.417 e. The van der Waals surface area contributed by atoms with Crippen LogP contribution in [0, 0.1) is 24.2 Å². The number of nitrogens with zero attached hydrogens (tertiary/aromatic N) is 6. The molecule has 13 nitrogen and oxygen atoms in total. The van der Waals surface area contributed by atoms with Crippen LogP contribution in [0.2, 0.25) is 0 Å². The minimum absolute atomic E-state index is 0.000383. The number of amides is 4. The van der Waals surface area contributed by atoms with E-state index in [-0.39, 0.29) is 41.0 Å². The lowest BCUT2D eigenvalue weighted by Gasteiger charge is -2.35. The lowest BCUT2D eigenvalue weighted by molar-refractivity contribution is -0.143. The molecule has 376 valence electrons. The Bertz CT molecular complexity index is 2900. The van der Waals surface area contributed by atoms with Gasteiger partial charge in [-0.1, -0.05) is 50.2 Å². The van der Waals surface area contributed by atoms with Crippen molar-refractivity contribution in [1.82, 2.24) is 20.1 Å². The zero-order valence-electron chi connectivity index (χ0n) is 40.8. The predicted octanol–water partition coefficient (Wildman–Crippen LogP) is 9.63. The number of hydrogen-bond donors (Lipinski definition) is 1. The molecule has 0 bridgehead atoms. The summed E-state index contributed by atoms with van der Waals surface area (Å²) in [4.78, 5) is 66.7. The molecule has 0 spiro atoms. The third-order valence-corrected chi connectivity index (χ3v) is 14.8. The Labute approximate surface area is 426 Å². The van der Waals surface area contributed by atoms with E-state index < -0.39 is 40.8 Å². The minimum Gasteiger partial charge on any atom is -0.491 e. The fourth-order valence-electron chi connectivity index (χ4n) is 9.69. The molecule has 4 amide bonds. The number of aryl methyl sites for hydroxylation is 2. The Morgan fingerprint density at radius 2 is 1.68 bits per heavy atom. The SMILES string of the molecule is Cc1ncsc1-c1ccc(CNC(=O)[C@@H]2CCCN2C(=O)C(C(C)C)N2Cc3cc(CCCCOCCOc4ccc(N5C(=S)N(c6ccc(C#N)c(C(F)(F)F)c6)C(=O)C5(C)C)cc4)ccc3C2=O)cc1. The molecule has 5 aromatic rings. The number of hydrogen-bond acceptors (Lipinski definition) is 10. The highest BCUT2D eigenvalue weighted by molar-refractivity contribution is 7.81. The molecule has 2 atom stereocenters. The summed E-state index contributed by atoms with van der Waals surface area (Å²) < 4.78 is 53.0. The van der Waals surface area contributed by atoms with Gasteiger partial charge in [0.05, 0.1) is 45.6 Å². The van der Waals surface area contributed by atoms with Gasteiger partial charge in [-0.15, -0.1) is 11.3 Å². The predicted molar refractivity (Wildman–Crippen MR) is 272 cm³/mol. The van der Waals surface area contributed by atoms with Crippen LogP contribution in [0.5, 0.6) is 5.75 Å². The first-order valence-electron chi connectivity index (χ1n) is 24.0. The van der Waals surface area contributed by atoms with Crippen molar-refractivity contribution in [2.45, 2.75) is 104 Å². The fraction of sp³-hybridized carbons (Fsp3) is 0.389. The van der Waals surface area contributed by atoms with Gasteiger partial charge in [0.1, 0.15) is 30.0 Å². The summed E-state index contributed by atoms with van der Waals surface area (Å²) in [6, 6.07) is 24.1. The Morgan fingerprint density at radius 1 is 0.958 bits per heavy atom. The molecule has 18 heteroatoms. The third-order valence-electron chi connectivity index (χ3n) is 13.4. The number of thiocarbonyl (C=S) groups is 1. The van der Waals surface area contributed by atoms with E-state index in [2.05, 4.69) is 16.4 Å². The van der Waals surface area contributed by atoms with E-state index in [1.54, 1.807) is 70.2 Å². The summed E-state index contributed by atoms with van der Waals surface area (Å²) in [6.45, 7) is 11.4. The number of nitrogens with one attached hydrogen (secondary N) is 1. The Balaban J connectivity index is 0.769. The normalized spacial score (nSPS) is 16.9. The van der Waals surface area contributed by atoms with Crippen molar-refractivity contribution in [1.29, 1.82) is 5.26 Å². The first-order chi connectivity index (χ1) is 34.4. The summed E-state index contributed by atoms with van der Waals surface area (Å²) in [5.74, 6) is -0.712. The number of anilines is 2. The summed E-state index contributed by atoms with van der Waals surface area (Å²) >= 11 is 7.23. The molecule has 3 aliphatic rings. The quantitative estimate of drug-likeness (QED) is 0.0665. The van der Waals surface area contributed by atoms with Crippen molar-refractivity contribution in [2.75, 3.05) is 36.2 Å². The first kappa shape index (κ1) is 51.7. The molecular formula is C54H56F3N7O6S2. The molecule has 4 heterocycles. The standard InChI is InChI=1S/C54H56F3N7O6S2/c1-33(2)46(50(67)61-23-8-10-45(61)48(65)59-30-36-11-14-37(15-12-36)47-34(3)60-32-72-47)62-31-39-27-35(13-22-43(39)49(62)66)9-6-7-24-69-25-26-70-42-20-18-40(19-21-42)64-52(71)63(51(68)53(64,4)5)41-17-16-38(29-58)44(28-41)54(55,56)57/h11-22,27-28,32-33,45-46H,6-10,23-26,30-31H2,1-5H3,(H,59,65)/t45-,46?/m0/s1. The van der Waals surface area contributed by atoms with Crippen LogP contribution in [-0.2, 0) is 44.8 Å². The van der Waals surface area contributed by atoms with Gasteiger partial charge < -0.3 is 29.5 Å². The molecule has 1 aromatic heterocycles. The number of unbranched alkanes of at least 4 members (excludes halogenated alkanes) is 1. The van der Waals surface area contributed by atoms with Gasteiger partial charge in [-0.3, -0.25) is 24.1 Å². The number of ether oxygens (including phenoxy) is 2. The summed E-state index contributed by atoms with van der Waals surface area (Å²) in [7, 11) is 0. The average Bonchev–Trinajstić information content (AvgIpc) is 4.13. The maximum absolute atomic E-state index is 14.3. The van der Waals surface area contributed by atoms with Crippen molar-refractivity contribution in [2.24, 2.45) is 5.92 Å². The zero-order valence-corrected chi connectivity index (χ0v) is 42.4. The van der Waals surface area contributed by atoms with E-state index in [0.717, 1.165) is 69.1 Å². The van der Waals surface area contributed by atoms with Gasteiger partial charge in [0.2, 0.25) is 11.8 Å². The Hall–Kier alpha value is -6.68. The maximum atomic E-state index is 14.3. The monoisotopic (exact) mass is 1020 g/mol. The highest BCUT2D eigenvalue weighted by atomic mass is 32.1. The number of benzene rings is 4. The van der Waals surface area contributed by atoms with Gasteiger partial charge in [-0.05, 0) is 142 Å². The van der Waals surface area contributed by atoms with E-state index in [0.29, 0.717) is 62.7 Å². The molecule has 8 rings (SSSR count).